The Hall–Kier alpha value is -1.58. The molecule has 0 bridgehead atoms. The van der Waals surface area contributed by atoms with Gasteiger partial charge in [0.05, 0.1) is 0 Å². The topological polar surface area (TPSA) is 59.2 Å². The molecule has 106 valence electrons. The number of rotatable bonds is 4. The zero-order valence-electron chi connectivity index (χ0n) is 12.7. The van der Waals surface area contributed by atoms with E-state index in [1.807, 2.05) is 13.1 Å². The number of nitrogens with zero attached hydrogens (tertiary/aromatic N) is 2. The molecule has 4 heteroatoms. The van der Waals surface area contributed by atoms with Crippen LogP contribution in [-0.4, -0.2) is 29.4 Å². The second-order valence-corrected chi connectivity index (χ2v) is 6.00. The quantitative estimate of drug-likeness (QED) is 0.908. The second kappa shape index (κ2) is 6.04. The predicted molar refractivity (Wildman–Crippen MR) is 79.2 cm³/mol. The van der Waals surface area contributed by atoms with Gasteiger partial charge < -0.3 is 10.6 Å². The monoisotopic (exact) mass is 263 g/mol. The molecular formula is C15H25N3O. The normalized spacial score (nSPS) is 11.4. The lowest BCUT2D eigenvalue weighted by atomic mass is 9.90. The van der Waals surface area contributed by atoms with Crippen LogP contribution in [0.15, 0.2) is 12.1 Å². The van der Waals surface area contributed by atoms with Crippen molar-refractivity contribution in [3.63, 3.8) is 0 Å². The van der Waals surface area contributed by atoms with Crippen molar-refractivity contribution in [3.05, 3.63) is 23.4 Å². The van der Waals surface area contributed by atoms with Gasteiger partial charge in [0.1, 0.15) is 5.82 Å². The van der Waals surface area contributed by atoms with E-state index in [4.69, 9.17) is 5.73 Å². The molecule has 4 nitrogen and oxygen atoms in total. The third kappa shape index (κ3) is 4.23. The van der Waals surface area contributed by atoms with Crippen LogP contribution in [-0.2, 0) is 5.41 Å². The van der Waals surface area contributed by atoms with Gasteiger partial charge in [0.25, 0.3) is 5.91 Å². The number of unbranched alkanes of at least 4 members (excludes halogenated alkanes) is 1. The van der Waals surface area contributed by atoms with Gasteiger partial charge in [-0.2, -0.15) is 0 Å². The van der Waals surface area contributed by atoms with Crippen molar-refractivity contribution in [1.82, 2.24) is 9.88 Å². The van der Waals surface area contributed by atoms with Crippen LogP contribution < -0.4 is 5.73 Å². The summed E-state index contributed by atoms with van der Waals surface area (Å²) in [6.07, 6.45) is 2.08. The predicted octanol–water partition coefficient (Wildman–Crippen LogP) is 2.83. The highest BCUT2D eigenvalue weighted by atomic mass is 16.2. The van der Waals surface area contributed by atoms with Crippen molar-refractivity contribution in [1.29, 1.82) is 0 Å². The fourth-order valence-electron chi connectivity index (χ4n) is 1.78. The second-order valence-electron chi connectivity index (χ2n) is 6.00. The molecule has 0 aliphatic rings. The van der Waals surface area contributed by atoms with E-state index in [1.54, 1.807) is 11.0 Å². The average Bonchev–Trinajstić information content (AvgIpc) is 2.33. The van der Waals surface area contributed by atoms with Gasteiger partial charge >= 0.3 is 0 Å². The van der Waals surface area contributed by atoms with E-state index in [9.17, 15) is 4.79 Å². The highest BCUT2D eigenvalue weighted by Gasteiger charge is 2.20. The van der Waals surface area contributed by atoms with Crippen LogP contribution in [0.1, 0.15) is 56.6 Å². The number of nitrogen functional groups attached to an aromatic ring is 1. The van der Waals surface area contributed by atoms with Crippen LogP contribution in [0.3, 0.4) is 0 Å². The average molecular weight is 263 g/mol. The highest BCUT2D eigenvalue weighted by Crippen LogP contribution is 2.23. The molecule has 0 aliphatic heterocycles. The molecule has 1 heterocycles. The molecule has 0 unspecified atom stereocenters. The molecule has 19 heavy (non-hydrogen) atoms. The van der Waals surface area contributed by atoms with Crippen molar-refractivity contribution in [3.8, 4) is 0 Å². The lowest BCUT2D eigenvalue weighted by Crippen LogP contribution is -2.28. The first kappa shape index (κ1) is 15.5. The van der Waals surface area contributed by atoms with E-state index in [2.05, 4.69) is 32.7 Å². The van der Waals surface area contributed by atoms with Gasteiger partial charge in [0, 0.05) is 30.3 Å². The van der Waals surface area contributed by atoms with Crippen LogP contribution in [0, 0.1) is 0 Å². The Balaban J connectivity index is 3.00. The summed E-state index contributed by atoms with van der Waals surface area (Å²) in [6.45, 7) is 9.06. The zero-order valence-corrected chi connectivity index (χ0v) is 12.7. The maximum atomic E-state index is 12.3. The summed E-state index contributed by atoms with van der Waals surface area (Å²) in [4.78, 5) is 18.4. The van der Waals surface area contributed by atoms with Crippen molar-refractivity contribution in [2.75, 3.05) is 19.3 Å². The van der Waals surface area contributed by atoms with E-state index in [0.717, 1.165) is 25.1 Å². The van der Waals surface area contributed by atoms with Crippen LogP contribution in [0.2, 0.25) is 0 Å². The number of nitrogens with two attached hydrogens (primary N) is 1. The maximum Gasteiger partial charge on any atom is 0.253 e. The summed E-state index contributed by atoms with van der Waals surface area (Å²) in [5.41, 5.74) is 7.16. The van der Waals surface area contributed by atoms with E-state index in [0.29, 0.717) is 11.4 Å². The van der Waals surface area contributed by atoms with E-state index >= 15 is 0 Å². The molecular weight excluding hydrogens is 238 g/mol. The Kier molecular flexibility index (Phi) is 4.92. The Labute approximate surface area is 116 Å². The van der Waals surface area contributed by atoms with Crippen LogP contribution in [0.25, 0.3) is 0 Å². The number of hydrogen-bond donors (Lipinski definition) is 1. The number of carbonyl (C=O) groups excluding carboxylic acids is 1. The van der Waals surface area contributed by atoms with Crippen LogP contribution in [0.5, 0.6) is 0 Å². The molecule has 0 aromatic carbocycles. The summed E-state index contributed by atoms with van der Waals surface area (Å²) >= 11 is 0. The summed E-state index contributed by atoms with van der Waals surface area (Å²) in [5.74, 6) is 0.410. The van der Waals surface area contributed by atoms with Gasteiger partial charge in [0.2, 0.25) is 0 Å². The van der Waals surface area contributed by atoms with Gasteiger partial charge in [-0.3, -0.25) is 4.79 Å². The van der Waals surface area contributed by atoms with Gasteiger partial charge in [0.15, 0.2) is 0 Å². The van der Waals surface area contributed by atoms with Crippen LogP contribution >= 0.6 is 0 Å². The number of amides is 1. The molecule has 0 fully saturated rings. The summed E-state index contributed by atoms with van der Waals surface area (Å²) in [6, 6.07) is 3.50. The van der Waals surface area contributed by atoms with Gasteiger partial charge in [-0.1, -0.05) is 34.1 Å². The maximum absolute atomic E-state index is 12.3. The fraction of sp³-hybridized carbons (Fsp3) is 0.600. The molecule has 0 spiro atoms. The molecule has 0 saturated heterocycles. The fourth-order valence-corrected chi connectivity index (χ4v) is 1.78. The van der Waals surface area contributed by atoms with Crippen molar-refractivity contribution < 1.29 is 4.79 Å². The van der Waals surface area contributed by atoms with E-state index in [-0.39, 0.29) is 11.3 Å². The third-order valence-corrected chi connectivity index (χ3v) is 3.05. The minimum absolute atomic E-state index is 0.00745. The molecule has 1 rings (SSSR count). The largest absolute Gasteiger partial charge is 0.384 e. The SMILES string of the molecule is CCCCN(C)C(=O)c1cc(N)nc(C(C)(C)C)c1. The summed E-state index contributed by atoms with van der Waals surface area (Å²) in [7, 11) is 1.82. The third-order valence-electron chi connectivity index (χ3n) is 3.05. The first-order valence-corrected chi connectivity index (χ1v) is 6.79. The van der Waals surface area contributed by atoms with Gasteiger partial charge in [-0.05, 0) is 18.6 Å². The Bertz CT molecular complexity index is 449. The molecule has 1 aromatic heterocycles. The number of anilines is 1. The van der Waals surface area contributed by atoms with Gasteiger partial charge in [-0.15, -0.1) is 0 Å². The molecule has 0 saturated carbocycles. The van der Waals surface area contributed by atoms with E-state index < -0.39 is 0 Å². The summed E-state index contributed by atoms with van der Waals surface area (Å²) in [5, 5.41) is 0. The highest BCUT2D eigenvalue weighted by molar-refractivity contribution is 5.94. The number of pyridine rings is 1. The lowest BCUT2D eigenvalue weighted by molar-refractivity contribution is 0.0793. The Morgan fingerprint density at radius 3 is 2.53 bits per heavy atom. The van der Waals surface area contributed by atoms with E-state index in [1.165, 1.54) is 0 Å². The van der Waals surface area contributed by atoms with Crippen LogP contribution in [0.4, 0.5) is 5.82 Å². The van der Waals surface area contributed by atoms with Gasteiger partial charge in [-0.25, -0.2) is 4.98 Å². The van der Waals surface area contributed by atoms with Crippen molar-refractivity contribution in [2.45, 2.75) is 46.0 Å². The smallest absolute Gasteiger partial charge is 0.253 e. The zero-order chi connectivity index (χ0) is 14.6. The molecule has 0 radical (unpaired) electrons. The summed E-state index contributed by atoms with van der Waals surface area (Å²) < 4.78 is 0. The Morgan fingerprint density at radius 2 is 2.00 bits per heavy atom. The number of hydrogen-bond acceptors (Lipinski definition) is 3. The Morgan fingerprint density at radius 1 is 1.37 bits per heavy atom. The molecule has 2 N–H and O–H groups in total. The standard InChI is InChI=1S/C15H25N3O/c1-6-7-8-18(5)14(19)11-9-12(15(2,3)4)17-13(16)10-11/h9-10H,6-8H2,1-5H3,(H2,16,17). The first-order chi connectivity index (χ1) is 8.75. The minimum Gasteiger partial charge on any atom is -0.384 e. The first-order valence-electron chi connectivity index (χ1n) is 6.79. The minimum atomic E-state index is -0.119. The molecule has 1 amide bonds. The molecule has 0 aliphatic carbocycles. The number of carbonyl (C=O) groups is 1. The number of aromatic nitrogens is 1. The lowest BCUT2D eigenvalue weighted by Gasteiger charge is -2.21. The molecule has 0 atom stereocenters. The van der Waals surface area contributed by atoms with Crippen molar-refractivity contribution >= 4 is 11.7 Å². The molecule has 1 aromatic rings. The van der Waals surface area contributed by atoms with Crippen molar-refractivity contribution in [2.24, 2.45) is 0 Å².